The van der Waals surface area contributed by atoms with Crippen molar-refractivity contribution < 1.29 is 14.7 Å². The van der Waals surface area contributed by atoms with Crippen LogP contribution in [0.25, 0.3) is 0 Å². The zero-order valence-corrected chi connectivity index (χ0v) is 13.7. The predicted molar refractivity (Wildman–Crippen MR) is 84.7 cm³/mol. The fourth-order valence-electron chi connectivity index (χ4n) is 3.11. The summed E-state index contributed by atoms with van der Waals surface area (Å²) in [6.45, 7) is 5.06. The average molecular weight is 304 g/mol. The predicted octanol–water partition coefficient (Wildman–Crippen LogP) is 1.84. The van der Waals surface area contributed by atoms with E-state index in [1.807, 2.05) is 38.9 Å². The van der Waals surface area contributed by atoms with Crippen LogP contribution in [0.5, 0.6) is 0 Å². The topological polar surface area (TPSA) is 60.9 Å². The second kappa shape index (κ2) is 6.48. The first-order valence-electron chi connectivity index (χ1n) is 7.53. The Morgan fingerprint density at radius 1 is 1.41 bits per heavy atom. The van der Waals surface area contributed by atoms with Gasteiger partial charge in [-0.05, 0) is 39.1 Å². The van der Waals surface area contributed by atoms with Gasteiger partial charge in [-0.3, -0.25) is 9.59 Å². The number of benzene rings is 1. The molecular weight excluding hydrogens is 280 g/mol. The third-order valence-electron chi connectivity index (χ3n) is 4.21. The number of aliphatic carboxylic acids is 1. The molecule has 1 heterocycles. The molecule has 0 aliphatic carbocycles. The second-order valence-corrected chi connectivity index (χ2v) is 6.42. The maximum atomic E-state index is 12.3. The summed E-state index contributed by atoms with van der Waals surface area (Å²) in [6.07, 6.45) is 0.101. The molecule has 2 atom stereocenters. The molecule has 1 aromatic carbocycles. The summed E-state index contributed by atoms with van der Waals surface area (Å²) in [4.78, 5) is 27.3. The molecule has 22 heavy (non-hydrogen) atoms. The van der Waals surface area contributed by atoms with Crippen LogP contribution in [0.2, 0.25) is 0 Å². The molecule has 5 heteroatoms. The summed E-state index contributed by atoms with van der Waals surface area (Å²) in [5.41, 5.74) is 3.41. The van der Waals surface area contributed by atoms with Crippen molar-refractivity contribution in [2.75, 3.05) is 27.2 Å². The molecule has 1 aliphatic rings. The van der Waals surface area contributed by atoms with Gasteiger partial charge in [0.2, 0.25) is 5.91 Å². The molecule has 0 saturated carbocycles. The van der Waals surface area contributed by atoms with E-state index in [0.717, 1.165) is 11.1 Å². The molecule has 1 N–H and O–H groups in total. The Kier molecular flexibility index (Phi) is 4.86. The fraction of sp³-hybridized carbons (Fsp3) is 0.529. The van der Waals surface area contributed by atoms with Crippen LogP contribution in [-0.2, 0) is 9.59 Å². The van der Waals surface area contributed by atoms with Crippen LogP contribution in [0.1, 0.15) is 29.2 Å². The van der Waals surface area contributed by atoms with Gasteiger partial charge in [0.15, 0.2) is 0 Å². The van der Waals surface area contributed by atoms with Crippen LogP contribution in [0.15, 0.2) is 18.2 Å². The number of carbonyl (C=O) groups excluding carboxylic acids is 1. The number of likely N-dealkylation sites (N-methyl/N-ethyl adjacent to an activating group) is 1. The first-order valence-corrected chi connectivity index (χ1v) is 7.53. The van der Waals surface area contributed by atoms with Crippen LogP contribution < -0.4 is 0 Å². The van der Waals surface area contributed by atoms with Gasteiger partial charge < -0.3 is 14.9 Å². The van der Waals surface area contributed by atoms with E-state index < -0.39 is 11.9 Å². The molecule has 120 valence electrons. The van der Waals surface area contributed by atoms with Crippen LogP contribution >= 0.6 is 0 Å². The van der Waals surface area contributed by atoms with Crippen molar-refractivity contribution in [2.45, 2.75) is 26.3 Å². The van der Waals surface area contributed by atoms with Crippen LogP contribution in [0, 0.1) is 19.8 Å². The van der Waals surface area contributed by atoms with E-state index >= 15 is 0 Å². The van der Waals surface area contributed by atoms with Crippen molar-refractivity contribution in [3.05, 3.63) is 34.9 Å². The van der Waals surface area contributed by atoms with E-state index in [2.05, 4.69) is 12.1 Å². The molecule has 1 aromatic rings. The fourth-order valence-corrected chi connectivity index (χ4v) is 3.11. The number of likely N-dealkylation sites (tertiary alicyclic amines) is 1. The highest BCUT2D eigenvalue weighted by Crippen LogP contribution is 2.31. The van der Waals surface area contributed by atoms with Gasteiger partial charge in [-0.2, -0.15) is 0 Å². The van der Waals surface area contributed by atoms with E-state index in [1.165, 1.54) is 5.56 Å². The first-order chi connectivity index (χ1) is 10.3. The quantitative estimate of drug-likeness (QED) is 0.901. The van der Waals surface area contributed by atoms with E-state index in [0.29, 0.717) is 13.1 Å². The van der Waals surface area contributed by atoms with E-state index in [1.54, 1.807) is 4.90 Å². The van der Waals surface area contributed by atoms with Crippen molar-refractivity contribution in [3.8, 4) is 0 Å². The Hall–Kier alpha value is -1.88. The van der Waals surface area contributed by atoms with E-state index in [9.17, 15) is 14.7 Å². The van der Waals surface area contributed by atoms with E-state index in [-0.39, 0.29) is 18.4 Å². The molecule has 0 aromatic heterocycles. The van der Waals surface area contributed by atoms with Crippen molar-refractivity contribution in [1.29, 1.82) is 0 Å². The Morgan fingerprint density at radius 3 is 2.59 bits per heavy atom. The van der Waals surface area contributed by atoms with Gasteiger partial charge in [-0.25, -0.2) is 0 Å². The molecule has 2 rings (SSSR count). The SMILES string of the molecule is Cc1ccc(C(CN(C)C)N2CC(C(=O)O)CC2=O)c(C)c1. The number of carboxylic acid groups (broad SMARTS) is 1. The summed E-state index contributed by atoms with van der Waals surface area (Å²) in [6, 6.07) is 6.10. The van der Waals surface area contributed by atoms with Gasteiger partial charge in [-0.1, -0.05) is 23.8 Å². The lowest BCUT2D eigenvalue weighted by Gasteiger charge is -2.32. The van der Waals surface area contributed by atoms with Crippen LogP contribution in [0.4, 0.5) is 0 Å². The minimum absolute atomic E-state index is 0.0702. The molecule has 1 saturated heterocycles. The number of aryl methyl sites for hydroxylation is 2. The zero-order valence-electron chi connectivity index (χ0n) is 13.7. The number of nitrogens with zero attached hydrogens (tertiary/aromatic N) is 2. The van der Waals surface area contributed by atoms with Crippen LogP contribution in [0.3, 0.4) is 0 Å². The summed E-state index contributed by atoms with van der Waals surface area (Å²) in [5.74, 6) is -1.55. The maximum absolute atomic E-state index is 12.3. The Morgan fingerprint density at radius 2 is 2.09 bits per heavy atom. The Labute approximate surface area is 131 Å². The standard InChI is InChI=1S/C17H24N2O3/c1-11-5-6-14(12(2)7-11)15(10-18(3)4)19-9-13(17(21)22)8-16(19)20/h5-7,13,15H,8-10H2,1-4H3,(H,21,22). The normalized spacial score (nSPS) is 19.8. The minimum atomic E-state index is -0.889. The summed E-state index contributed by atoms with van der Waals surface area (Å²) in [7, 11) is 3.93. The van der Waals surface area contributed by atoms with Gasteiger partial charge in [0.25, 0.3) is 0 Å². The molecule has 0 bridgehead atoms. The van der Waals surface area contributed by atoms with Gasteiger partial charge >= 0.3 is 5.97 Å². The molecule has 1 aliphatic heterocycles. The lowest BCUT2D eigenvalue weighted by atomic mass is 9.97. The van der Waals surface area contributed by atoms with Crippen molar-refractivity contribution in [2.24, 2.45) is 5.92 Å². The molecule has 2 unspecified atom stereocenters. The molecular formula is C17H24N2O3. The smallest absolute Gasteiger partial charge is 0.308 e. The van der Waals surface area contributed by atoms with Crippen molar-refractivity contribution in [3.63, 3.8) is 0 Å². The van der Waals surface area contributed by atoms with E-state index in [4.69, 9.17) is 0 Å². The number of hydrogen-bond acceptors (Lipinski definition) is 3. The molecule has 0 spiro atoms. The minimum Gasteiger partial charge on any atom is -0.481 e. The average Bonchev–Trinajstić information content (AvgIpc) is 2.78. The summed E-state index contributed by atoms with van der Waals surface area (Å²) in [5, 5.41) is 9.18. The van der Waals surface area contributed by atoms with Crippen LogP contribution in [-0.4, -0.2) is 54.0 Å². The van der Waals surface area contributed by atoms with Gasteiger partial charge in [-0.15, -0.1) is 0 Å². The van der Waals surface area contributed by atoms with Crippen molar-refractivity contribution >= 4 is 11.9 Å². The highest BCUT2D eigenvalue weighted by molar-refractivity contribution is 5.86. The molecule has 0 radical (unpaired) electrons. The number of rotatable bonds is 5. The van der Waals surface area contributed by atoms with Crippen molar-refractivity contribution in [1.82, 2.24) is 9.80 Å². The number of carbonyl (C=O) groups is 2. The first kappa shape index (κ1) is 16.5. The van der Waals surface area contributed by atoms with Gasteiger partial charge in [0.05, 0.1) is 12.0 Å². The highest BCUT2D eigenvalue weighted by atomic mass is 16.4. The number of hydrogen-bond donors (Lipinski definition) is 1. The lowest BCUT2D eigenvalue weighted by molar-refractivity contribution is -0.141. The summed E-state index contributed by atoms with van der Waals surface area (Å²) >= 11 is 0. The third-order valence-corrected chi connectivity index (χ3v) is 4.21. The van der Waals surface area contributed by atoms with Gasteiger partial charge in [0.1, 0.15) is 0 Å². The van der Waals surface area contributed by atoms with Gasteiger partial charge in [0, 0.05) is 19.5 Å². The monoisotopic (exact) mass is 304 g/mol. The summed E-state index contributed by atoms with van der Waals surface area (Å²) < 4.78 is 0. The second-order valence-electron chi connectivity index (χ2n) is 6.42. The molecule has 1 fully saturated rings. The zero-order chi connectivity index (χ0) is 16.4. The Bertz CT molecular complexity index is 583. The molecule has 5 nitrogen and oxygen atoms in total. The highest BCUT2D eigenvalue weighted by Gasteiger charge is 2.38. The number of amides is 1. The Balaban J connectivity index is 2.34. The third kappa shape index (κ3) is 3.47. The number of carboxylic acids is 1. The largest absolute Gasteiger partial charge is 0.481 e. The molecule has 1 amide bonds. The lowest BCUT2D eigenvalue weighted by Crippen LogP contribution is -2.37. The maximum Gasteiger partial charge on any atom is 0.308 e.